The van der Waals surface area contributed by atoms with Crippen LogP contribution < -0.4 is 10.1 Å². The lowest BCUT2D eigenvalue weighted by Crippen LogP contribution is -2.13. The van der Waals surface area contributed by atoms with Crippen LogP contribution in [0.2, 0.25) is 0 Å². The van der Waals surface area contributed by atoms with Gasteiger partial charge in [0.25, 0.3) is 0 Å². The molecular weight excluding hydrogens is 254 g/mol. The van der Waals surface area contributed by atoms with Crippen LogP contribution in [0.25, 0.3) is 0 Å². The first-order valence-corrected chi connectivity index (χ1v) is 6.97. The van der Waals surface area contributed by atoms with Crippen molar-refractivity contribution in [3.05, 3.63) is 41.0 Å². The Kier molecular flexibility index (Phi) is 5.12. The molecule has 1 heterocycles. The van der Waals surface area contributed by atoms with Gasteiger partial charge in [-0.3, -0.25) is 0 Å². The molecule has 0 unspecified atom stereocenters. The number of nitrogens with one attached hydrogen (secondary N) is 1. The molecule has 0 atom stereocenters. The van der Waals surface area contributed by atoms with Gasteiger partial charge in [-0.25, -0.2) is 0 Å². The third-order valence-electron chi connectivity index (χ3n) is 2.95. The lowest BCUT2D eigenvalue weighted by molar-refractivity contribution is 0.282. The van der Waals surface area contributed by atoms with Crippen molar-refractivity contribution in [2.45, 2.75) is 40.3 Å². The number of aryl methyl sites for hydroxylation is 2. The predicted octanol–water partition coefficient (Wildman–Crippen LogP) is 2.63. The summed E-state index contributed by atoms with van der Waals surface area (Å²) in [5.41, 5.74) is 2.36. The van der Waals surface area contributed by atoms with Gasteiger partial charge < -0.3 is 14.6 Å². The van der Waals surface area contributed by atoms with Crippen molar-refractivity contribution in [1.29, 1.82) is 0 Å². The maximum absolute atomic E-state index is 5.81. The van der Waals surface area contributed by atoms with Crippen molar-refractivity contribution in [2.75, 3.05) is 6.54 Å². The molecule has 1 aromatic heterocycles. The van der Waals surface area contributed by atoms with E-state index in [-0.39, 0.29) is 0 Å². The summed E-state index contributed by atoms with van der Waals surface area (Å²) in [5.74, 6) is 2.08. The third-order valence-corrected chi connectivity index (χ3v) is 2.95. The summed E-state index contributed by atoms with van der Waals surface area (Å²) >= 11 is 0. The molecule has 5 nitrogen and oxygen atoms in total. The van der Waals surface area contributed by atoms with Crippen LogP contribution in [0.3, 0.4) is 0 Å². The summed E-state index contributed by atoms with van der Waals surface area (Å²) in [7, 11) is 0. The molecule has 0 aliphatic carbocycles. The molecule has 0 saturated carbocycles. The van der Waals surface area contributed by atoms with Gasteiger partial charge in [0.1, 0.15) is 5.75 Å². The number of rotatable bonds is 7. The molecule has 0 spiro atoms. The molecule has 0 aliphatic rings. The van der Waals surface area contributed by atoms with Gasteiger partial charge in [-0.2, -0.15) is 4.98 Å². The zero-order chi connectivity index (χ0) is 14.4. The van der Waals surface area contributed by atoms with E-state index in [1.165, 1.54) is 5.56 Å². The minimum atomic E-state index is 0.325. The van der Waals surface area contributed by atoms with Crippen molar-refractivity contribution in [3.8, 4) is 5.75 Å². The fourth-order valence-electron chi connectivity index (χ4n) is 1.88. The monoisotopic (exact) mass is 275 g/mol. The quantitative estimate of drug-likeness (QED) is 0.841. The van der Waals surface area contributed by atoms with Gasteiger partial charge in [0, 0.05) is 18.5 Å². The van der Waals surface area contributed by atoms with E-state index in [1.54, 1.807) is 0 Å². The molecule has 1 aromatic carbocycles. The predicted molar refractivity (Wildman–Crippen MR) is 76.6 cm³/mol. The molecule has 2 rings (SSSR count). The highest BCUT2D eigenvalue weighted by Gasteiger charge is 2.08. The minimum Gasteiger partial charge on any atom is -0.485 e. The molecule has 108 valence electrons. The molecule has 0 radical (unpaired) electrons. The second-order valence-electron chi connectivity index (χ2n) is 4.64. The minimum absolute atomic E-state index is 0.325. The summed E-state index contributed by atoms with van der Waals surface area (Å²) in [6, 6.07) is 6.16. The third kappa shape index (κ3) is 3.81. The van der Waals surface area contributed by atoms with Gasteiger partial charge in [0.2, 0.25) is 11.7 Å². The van der Waals surface area contributed by atoms with Crippen molar-refractivity contribution in [3.63, 3.8) is 0 Å². The number of hydrogen-bond donors (Lipinski definition) is 1. The summed E-state index contributed by atoms with van der Waals surface area (Å²) < 4.78 is 10.9. The lowest BCUT2D eigenvalue weighted by atomic mass is 10.1. The fraction of sp³-hybridized carbons (Fsp3) is 0.467. The molecule has 0 amide bonds. The normalized spacial score (nSPS) is 10.8. The Morgan fingerprint density at radius 3 is 2.85 bits per heavy atom. The molecule has 0 bridgehead atoms. The van der Waals surface area contributed by atoms with Gasteiger partial charge >= 0.3 is 0 Å². The number of nitrogens with zero attached hydrogens (tertiary/aromatic N) is 2. The Balaban J connectivity index is 2.04. The first kappa shape index (κ1) is 14.5. The van der Waals surface area contributed by atoms with Crippen LogP contribution >= 0.6 is 0 Å². The van der Waals surface area contributed by atoms with E-state index in [0.29, 0.717) is 18.3 Å². The maximum Gasteiger partial charge on any atom is 0.226 e. The molecule has 1 N–H and O–H groups in total. The van der Waals surface area contributed by atoms with E-state index in [2.05, 4.69) is 35.4 Å². The van der Waals surface area contributed by atoms with Crippen molar-refractivity contribution in [1.82, 2.24) is 15.5 Å². The van der Waals surface area contributed by atoms with Gasteiger partial charge in [-0.15, -0.1) is 0 Å². The van der Waals surface area contributed by atoms with Crippen LogP contribution in [0.1, 0.15) is 36.7 Å². The highest BCUT2D eigenvalue weighted by Crippen LogP contribution is 2.21. The van der Waals surface area contributed by atoms with E-state index >= 15 is 0 Å². The van der Waals surface area contributed by atoms with Gasteiger partial charge in [0.15, 0.2) is 6.61 Å². The average Bonchev–Trinajstić information content (AvgIpc) is 2.92. The zero-order valence-electron chi connectivity index (χ0n) is 12.3. The van der Waals surface area contributed by atoms with Crippen LogP contribution in [-0.4, -0.2) is 16.7 Å². The van der Waals surface area contributed by atoms with Gasteiger partial charge in [0.05, 0.1) is 0 Å². The Morgan fingerprint density at radius 1 is 1.30 bits per heavy atom. The molecule has 0 fully saturated rings. The standard InChI is InChI=1S/C15H21N3O2/c1-4-15-17-14(18-20-15)10-19-13-7-6-11(3)8-12(13)9-16-5-2/h6-8,16H,4-5,9-10H2,1-3H3. The van der Waals surface area contributed by atoms with E-state index in [9.17, 15) is 0 Å². The number of benzene rings is 1. The smallest absolute Gasteiger partial charge is 0.226 e. The molecule has 2 aromatic rings. The highest BCUT2D eigenvalue weighted by atomic mass is 16.5. The van der Waals surface area contributed by atoms with Crippen LogP contribution in [0.15, 0.2) is 22.7 Å². The molecule has 5 heteroatoms. The SMILES string of the molecule is CCNCc1cc(C)ccc1OCc1noc(CC)n1. The lowest BCUT2D eigenvalue weighted by Gasteiger charge is -2.11. The van der Waals surface area contributed by atoms with Gasteiger partial charge in [-0.1, -0.05) is 36.7 Å². The first-order valence-electron chi connectivity index (χ1n) is 6.97. The molecular formula is C15H21N3O2. The van der Waals surface area contributed by atoms with Crippen LogP contribution in [0.5, 0.6) is 5.75 Å². The van der Waals surface area contributed by atoms with Crippen LogP contribution in [0.4, 0.5) is 0 Å². The zero-order valence-corrected chi connectivity index (χ0v) is 12.3. The van der Waals surface area contributed by atoms with Gasteiger partial charge in [-0.05, 0) is 19.5 Å². The fourth-order valence-corrected chi connectivity index (χ4v) is 1.88. The van der Waals surface area contributed by atoms with Crippen LogP contribution in [0, 0.1) is 6.92 Å². The number of ether oxygens (including phenoxy) is 1. The molecule has 20 heavy (non-hydrogen) atoms. The van der Waals surface area contributed by atoms with E-state index in [1.807, 2.05) is 19.1 Å². The van der Waals surface area contributed by atoms with Crippen LogP contribution in [-0.2, 0) is 19.6 Å². The topological polar surface area (TPSA) is 60.2 Å². The second kappa shape index (κ2) is 7.05. The maximum atomic E-state index is 5.81. The summed E-state index contributed by atoms with van der Waals surface area (Å²) in [6.07, 6.45) is 0.739. The number of aromatic nitrogens is 2. The summed E-state index contributed by atoms with van der Waals surface area (Å²) in [4.78, 5) is 4.23. The first-order chi connectivity index (χ1) is 9.72. The largest absolute Gasteiger partial charge is 0.485 e. The average molecular weight is 275 g/mol. The Bertz CT molecular complexity index is 552. The van der Waals surface area contributed by atoms with E-state index in [0.717, 1.165) is 30.8 Å². The summed E-state index contributed by atoms with van der Waals surface area (Å²) in [5, 5.41) is 7.20. The second-order valence-corrected chi connectivity index (χ2v) is 4.64. The Morgan fingerprint density at radius 2 is 2.15 bits per heavy atom. The van der Waals surface area contributed by atoms with Crippen molar-refractivity contribution >= 4 is 0 Å². The molecule has 0 aliphatic heterocycles. The Hall–Kier alpha value is -1.88. The summed E-state index contributed by atoms with van der Waals surface area (Å²) in [6.45, 7) is 8.18. The van der Waals surface area contributed by atoms with Crippen molar-refractivity contribution in [2.24, 2.45) is 0 Å². The Labute approximate surface area is 119 Å². The number of hydrogen-bond acceptors (Lipinski definition) is 5. The highest BCUT2D eigenvalue weighted by molar-refractivity contribution is 5.36. The molecule has 0 saturated heterocycles. The van der Waals surface area contributed by atoms with Crippen molar-refractivity contribution < 1.29 is 9.26 Å². The van der Waals surface area contributed by atoms with E-state index < -0.39 is 0 Å². The van der Waals surface area contributed by atoms with E-state index in [4.69, 9.17) is 9.26 Å².